The highest BCUT2D eigenvalue weighted by atomic mass is 79.9. The lowest BCUT2D eigenvalue weighted by Gasteiger charge is -2.15. The van der Waals surface area contributed by atoms with Crippen LogP contribution in [0.15, 0.2) is 41.0 Å². The van der Waals surface area contributed by atoms with E-state index in [0.29, 0.717) is 12.2 Å². The Morgan fingerprint density at radius 1 is 1.43 bits per heavy atom. The monoisotopic (exact) mass is 400 g/mol. The fraction of sp³-hybridized carbons (Fsp3) is 0.375. The molecule has 1 aromatic carbocycles. The van der Waals surface area contributed by atoms with Crippen molar-refractivity contribution in [3.05, 3.63) is 46.7 Å². The fourth-order valence-corrected chi connectivity index (χ4v) is 2.55. The quantitative estimate of drug-likeness (QED) is 0.747. The molecule has 1 aromatic heterocycles. The Labute approximate surface area is 151 Å². The van der Waals surface area contributed by atoms with Crippen molar-refractivity contribution in [1.29, 1.82) is 0 Å². The first-order valence-corrected chi connectivity index (χ1v) is 8.26. The number of benzene rings is 1. The van der Waals surface area contributed by atoms with Crippen LogP contribution in [0.25, 0.3) is 5.69 Å². The van der Waals surface area contributed by atoms with Gasteiger partial charge in [0, 0.05) is 23.3 Å². The Hall–Kier alpha value is -1.37. The second kappa shape index (κ2) is 9.70. The van der Waals surface area contributed by atoms with E-state index in [4.69, 9.17) is 5.73 Å². The first-order valence-electron chi connectivity index (χ1n) is 7.46. The Morgan fingerprint density at radius 3 is 2.87 bits per heavy atom. The van der Waals surface area contributed by atoms with Gasteiger partial charge in [-0.2, -0.15) is 5.10 Å². The lowest BCUT2D eigenvalue weighted by atomic mass is 10.1. The van der Waals surface area contributed by atoms with Gasteiger partial charge in [0.2, 0.25) is 0 Å². The van der Waals surface area contributed by atoms with E-state index in [1.54, 1.807) is 16.9 Å². The van der Waals surface area contributed by atoms with Crippen LogP contribution in [-0.4, -0.2) is 28.3 Å². The molecule has 0 saturated heterocycles. The molecule has 3 N–H and O–H groups in total. The molecule has 0 radical (unpaired) electrons. The van der Waals surface area contributed by atoms with Crippen LogP contribution < -0.4 is 11.1 Å². The predicted molar refractivity (Wildman–Crippen MR) is 98.3 cm³/mol. The summed E-state index contributed by atoms with van der Waals surface area (Å²) >= 11 is 3.43. The summed E-state index contributed by atoms with van der Waals surface area (Å²) in [5, 5.41) is 7.28. The highest BCUT2D eigenvalue weighted by molar-refractivity contribution is 9.10. The molecule has 23 heavy (non-hydrogen) atoms. The normalized spacial score (nSPS) is 11.6. The summed E-state index contributed by atoms with van der Waals surface area (Å²) in [6, 6.07) is 9.46. The van der Waals surface area contributed by atoms with Crippen LogP contribution in [0.4, 0.5) is 0 Å². The van der Waals surface area contributed by atoms with Gasteiger partial charge in [0.25, 0.3) is 5.91 Å². The second-order valence-electron chi connectivity index (χ2n) is 5.17. The van der Waals surface area contributed by atoms with E-state index in [-0.39, 0.29) is 24.4 Å². The third-order valence-electron chi connectivity index (χ3n) is 3.42. The Kier molecular flexibility index (Phi) is 8.30. The van der Waals surface area contributed by atoms with Gasteiger partial charge in [-0.25, -0.2) is 4.68 Å². The van der Waals surface area contributed by atoms with Gasteiger partial charge in [0.05, 0.1) is 5.69 Å². The SMILES string of the molecule is CCCCC(CN)NC(=O)c1ccn(-c2cccc(Br)c2)n1.Cl. The number of nitrogens with two attached hydrogens (primary N) is 1. The number of hydrogen-bond acceptors (Lipinski definition) is 3. The van der Waals surface area contributed by atoms with E-state index < -0.39 is 0 Å². The van der Waals surface area contributed by atoms with Crippen LogP contribution in [0.5, 0.6) is 0 Å². The molecule has 0 aliphatic rings. The molecule has 0 bridgehead atoms. The number of halogens is 2. The molecule has 0 aliphatic heterocycles. The van der Waals surface area contributed by atoms with Crippen LogP contribution in [0.1, 0.15) is 36.7 Å². The summed E-state index contributed by atoms with van der Waals surface area (Å²) in [5.41, 5.74) is 7.00. The molecule has 1 unspecified atom stereocenters. The molecule has 0 aliphatic carbocycles. The maximum atomic E-state index is 12.2. The minimum Gasteiger partial charge on any atom is -0.347 e. The summed E-state index contributed by atoms with van der Waals surface area (Å²) < 4.78 is 2.65. The molecule has 5 nitrogen and oxygen atoms in total. The van der Waals surface area contributed by atoms with Crippen molar-refractivity contribution in [2.45, 2.75) is 32.2 Å². The lowest BCUT2D eigenvalue weighted by Crippen LogP contribution is -2.40. The number of unbranched alkanes of at least 4 members (excludes halogenated alkanes) is 1. The minimum absolute atomic E-state index is 0. The van der Waals surface area contributed by atoms with Crippen LogP contribution in [0.3, 0.4) is 0 Å². The van der Waals surface area contributed by atoms with Crippen molar-refractivity contribution in [2.75, 3.05) is 6.54 Å². The first kappa shape index (κ1) is 19.7. The van der Waals surface area contributed by atoms with Crippen molar-refractivity contribution in [2.24, 2.45) is 5.73 Å². The molecule has 7 heteroatoms. The molecule has 1 amide bonds. The number of nitrogens with zero attached hydrogens (tertiary/aromatic N) is 2. The van der Waals surface area contributed by atoms with Gasteiger partial charge >= 0.3 is 0 Å². The molecule has 1 atom stereocenters. The van der Waals surface area contributed by atoms with Gasteiger partial charge in [0.15, 0.2) is 5.69 Å². The van der Waals surface area contributed by atoms with Gasteiger partial charge < -0.3 is 11.1 Å². The Balaban J connectivity index is 0.00000264. The predicted octanol–water partition coefficient (Wildman–Crippen LogP) is 3.30. The topological polar surface area (TPSA) is 72.9 Å². The number of carbonyl (C=O) groups excluding carboxylic acids is 1. The molecule has 126 valence electrons. The number of hydrogen-bond donors (Lipinski definition) is 2. The second-order valence-corrected chi connectivity index (χ2v) is 6.09. The first-order chi connectivity index (χ1) is 10.6. The summed E-state index contributed by atoms with van der Waals surface area (Å²) in [4.78, 5) is 12.2. The number of aromatic nitrogens is 2. The van der Waals surface area contributed by atoms with Crippen LogP contribution >= 0.6 is 28.3 Å². The van der Waals surface area contributed by atoms with Crippen LogP contribution in [-0.2, 0) is 0 Å². The van der Waals surface area contributed by atoms with E-state index >= 15 is 0 Å². The largest absolute Gasteiger partial charge is 0.347 e. The number of rotatable bonds is 7. The van der Waals surface area contributed by atoms with Crippen molar-refractivity contribution < 1.29 is 4.79 Å². The molecule has 0 saturated carbocycles. The van der Waals surface area contributed by atoms with Gasteiger partial charge in [-0.1, -0.05) is 41.8 Å². The standard InChI is InChI=1S/C16H21BrN4O.ClH/c1-2-3-6-13(11-18)19-16(22)15-8-9-21(20-15)14-7-4-5-12(17)10-14;/h4-5,7-10,13H,2-3,6,11,18H2,1H3,(H,19,22);1H. The average Bonchev–Trinajstić information content (AvgIpc) is 3.01. The average molecular weight is 402 g/mol. The number of amides is 1. The molecule has 0 spiro atoms. The van der Waals surface area contributed by atoms with Gasteiger partial charge in [0.1, 0.15) is 0 Å². The number of nitrogens with one attached hydrogen (secondary N) is 1. The van der Waals surface area contributed by atoms with Gasteiger partial charge in [-0.15, -0.1) is 12.4 Å². The van der Waals surface area contributed by atoms with E-state index in [9.17, 15) is 4.79 Å². The third kappa shape index (κ3) is 5.64. The van der Waals surface area contributed by atoms with Crippen molar-refractivity contribution in [3.63, 3.8) is 0 Å². The summed E-state index contributed by atoms with van der Waals surface area (Å²) in [6.07, 6.45) is 4.81. The minimum atomic E-state index is -0.180. The smallest absolute Gasteiger partial charge is 0.272 e. The maximum Gasteiger partial charge on any atom is 0.272 e. The van der Waals surface area contributed by atoms with Crippen LogP contribution in [0.2, 0.25) is 0 Å². The highest BCUT2D eigenvalue weighted by Gasteiger charge is 2.14. The van der Waals surface area contributed by atoms with E-state index in [1.165, 1.54) is 0 Å². The highest BCUT2D eigenvalue weighted by Crippen LogP contribution is 2.15. The Bertz CT molecular complexity index is 632. The van der Waals surface area contributed by atoms with Crippen molar-refractivity contribution >= 4 is 34.2 Å². The van der Waals surface area contributed by atoms with Gasteiger partial charge in [-0.05, 0) is 30.7 Å². The zero-order valence-corrected chi connectivity index (χ0v) is 15.4. The zero-order valence-electron chi connectivity index (χ0n) is 13.0. The summed E-state index contributed by atoms with van der Waals surface area (Å²) in [6.45, 7) is 2.56. The van der Waals surface area contributed by atoms with Crippen LogP contribution in [0, 0.1) is 0 Å². The summed E-state index contributed by atoms with van der Waals surface area (Å²) in [5.74, 6) is -0.180. The van der Waals surface area contributed by atoms with Gasteiger partial charge in [-0.3, -0.25) is 4.79 Å². The zero-order chi connectivity index (χ0) is 15.9. The molecular weight excluding hydrogens is 380 g/mol. The lowest BCUT2D eigenvalue weighted by molar-refractivity contribution is 0.0930. The van der Waals surface area contributed by atoms with Crippen molar-refractivity contribution in [3.8, 4) is 5.69 Å². The summed E-state index contributed by atoms with van der Waals surface area (Å²) in [7, 11) is 0. The third-order valence-corrected chi connectivity index (χ3v) is 3.91. The molecule has 1 heterocycles. The molecule has 2 aromatic rings. The van der Waals surface area contributed by atoms with E-state index in [2.05, 4.69) is 33.3 Å². The molecular formula is C16H22BrClN4O. The number of carbonyl (C=O) groups is 1. The van der Waals surface area contributed by atoms with Crippen molar-refractivity contribution in [1.82, 2.24) is 15.1 Å². The fourth-order valence-electron chi connectivity index (χ4n) is 2.17. The molecule has 2 rings (SSSR count). The molecule has 0 fully saturated rings. The van der Waals surface area contributed by atoms with E-state index in [1.807, 2.05) is 24.3 Å². The van der Waals surface area contributed by atoms with E-state index in [0.717, 1.165) is 29.4 Å². The Morgan fingerprint density at radius 2 is 2.22 bits per heavy atom. The maximum absolute atomic E-state index is 12.2.